The Balaban J connectivity index is 1.66. The summed E-state index contributed by atoms with van der Waals surface area (Å²) in [5.41, 5.74) is 2.56. The van der Waals surface area contributed by atoms with Gasteiger partial charge in [0.1, 0.15) is 0 Å². The summed E-state index contributed by atoms with van der Waals surface area (Å²) in [6, 6.07) is 17.9. The molecule has 1 heterocycles. The number of fused-ring (bicyclic) bond motifs is 1. The molecule has 0 saturated heterocycles. The Kier molecular flexibility index (Phi) is 4.18. The Morgan fingerprint density at radius 3 is 2.35 bits per heavy atom. The van der Waals surface area contributed by atoms with Gasteiger partial charge in [-0.1, -0.05) is 66.7 Å². The van der Waals surface area contributed by atoms with Crippen molar-refractivity contribution in [3.05, 3.63) is 104 Å². The van der Waals surface area contributed by atoms with E-state index in [9.17, 15) is 9.59 Å². The lowest BCUT2D eigenvalue weighted by atomic mass is 9.89. The summed E-state index contributed by atoms with van der Waals surface area (Å²) < 4.78 is 2.46. The average Bonchev–Trinajstić information content (AvgIpc) is 2.94. The van der Waals surface area contributed by atoms with E-state index in [0.717, 1.165) is 22.2 Å². The molecule has 0 aliphatic heterocycles. The van der Waals surface area contributed by atoms with Crippen molar-refractivity contribution in [1.29, 1.82) is 0 Å². The van der Waals surface area contributed by atoms with E-state index >= 15 is 0 Å². The summed E-state index contributed by atoms with van der Waals surface area (Å²) in [6.45, 7) is 0.747. The molecule has 6 nitrogen and oxygen atoms in total. The monoisotopic (exact) mass is 348 g/mol. The Hall–Kier alpha value is -3.12. The first-order valence-electron chi connectivity index (χ1n) is 8.57. The highest BCUT2D eigenvalue weighted by atomic mass is 16.2. The summed E-state index contributed by atoms with van der Waals surface area (Å²) in [5.74, 6) is 0. The van der Waals surface area contributed by atoms with Gasteiger partial charge in [-0.2, -0.15) is 0 Å². The second-order valence-electron chi connectivity index (χ2n) is 6.43. The quantitative estimate of drug-likeness (QED) is 0.707. The maximum absolute atomic E-state index is 12.3. The topological polar surface area (TPSA) is 71.8 Å². The van der Waals surface area contributed by atoms with Gasteiger partial charge in [0.25, 0.3) is 0 Å². The average molecular weight is 348 g/mol. The first kappa shape index (κ1) is 16.4. The van der Waals surface area contributed by atoms with Crippen LogP contribution in [0.2, 0.25) is 0 Å². The zero-order valence-corrected chi connectivity index (χ0v) is 14.4. The van der Waals surface area contributed by atoms with E-state index in [4.69, 9.17) is 0 Å². The third-order valence-electron chi connectivity index (χ3n) is 4.80. The van der Waals surface area contributed by atoms with E-state index in [1.165, 1.54) is 17.3 Å². The molecular formula is C20H20N4O2. The maximum atomic E-state index is 12.3. The summed E-state index contributed by atoms with van der Waals surface area (Å²) in [5, 5.41) is 6.18. The normalized spacial score (nSPS) is 18.7. The summed E-state index contributed by atoms with van der Waals surface area (Å²) >= 11 is 0. The van der Waals surface area contributed by atoms with Gasteiger partial charge < -0.3 is 5.32 Å². The molecule has 132 valence electrons. The van der Waals surface area contributed by atoms with Crippen LogP contribution >= 0.6 is 0 Å². The van der Waals surface area contributed by atoms with Crippen molar-refractivity contribution in [3.8, 4) is 0 Å². The van der Waals surface area contributed by atoms with E-state index in [1.54, 1.807) is 0 Å². The molecule has 2 aromatic carbocycles. The zero-order valence-electron chi connectivity index (χ0n) is 14.4. The van der Waals surface area contributed by atoms with Gasteiger partial charge in [0.15, 0.2) is 0 Å². The van der Waals surface area contributed by atoms with Crippen molar-refractivity contribution < 1.29 is 0 Å². The van der Waals surface area contributed by atoms with Crippen molar-refractivity contribution >= 4 is 0 Å². The van der Waals surface area contributed by atoms with Crippen LogP contribution in [0.3, 0.4) is 0 Å². The lowest BCUT2D eigenvalue weighted by Crippen LogP contribution is -2.31. The lowest BCUT2D eigenvalue weighted by Gasteiger charge is -2.27. The smallest absolute Gasteiger partial charge is 0.303 e. The highest BCUT2D eigenvalue weighted by Crippen LogP contribution is 2.32. The molecule has 2 N–H and O–H groups in total. The largest absolute Gasteiger partial charge is 0.347 e. The SMILES string of the molecule is Cn1c(=O)[nH]n([C@@H]2C=C[C@H](NCc3ccccc3)c3ccccc32)c1=O. The molecule has 0 saturated carbocycles. The van der Waals surface area contributed by atoms with Crippen LogP contribution < -0.4 is 16.7 Å². The van der Waals surface area contributed by atoms with Crippen LogP contribution in [0.4, 0.5) is 0 Å². The van der Waals surface area contributed by atoms with Gasteiger partial charge >= 0.3 is 11.4 Å². The number of nitrogens with zero attached hydrogens (tertiary/aromatic N) is 2. The van der Waals surface area contributed by atoms with Crippen LogP contribution in [-0.4, -0.2) is 14.3 Å². The van der Waals surface area contributed by atoms with Gasteiger partial charge in [0.05, 0.1) is 12.1 Å². The molecule has 2 atom stereocenters. The highest BCUT2D eigenvalue weighted by Gasteiger charge is 2.25. The standard InChI is InChI=1S/C20H20N4O2/c1-23-19(25)22-24(20(23)26)18-12-11-17(15-9-5-6-10-16(15)18)21-13-14-7-3-2-4-8-14/h2-12,17-18,21H,13H2,1H3,(H,22,25)/t17-,18+/m0/s1. The number of H-pyrrole nitrogens is 1. The van der Waals surface area contributed by atoms with E-state index < -0.39 is 5.69 Å². The summed E-state index contributed by atoms with van der Waals surface area (Å²) in [4.78, 5) is 24.1. The highest BCUT2D eigenvalue weighted by molar-refractivity contribution is 5.41. The van der Waals surface area contributed by atoms with Gasteiger partial charge in [0.2, 0.25) is 0 Å². The molecule has 1 aromatic heterocycles. The molecule has 6 heteroatoms. The van der Waals surface area contributed by atoms with E-state index in [0.29, 0.717) is 0 Å². The van der Waals surface area contributed by atoms with Crippen LogP contribution in [0.25, 0.3) is 0 Å². The Morgan fingerprint density at radius 2 is 1.65 bits per heavy atom. The van der Waals surface area contributed by atoms with Gasteiger partial charge in [-0.3, -0.25) is 0 Å². The van der Waals surface area contributed by atoms with Crippen molar-refractivity contribution in [3.63, 3.8) is 0 Å². The molecule has 26 heavy (non-hydrogen) atoms. The first-order valence-corrected chi connectivity index (χ1v) is 8.57. The van der Waals surface area contributed by atoms with Crippen LogP contribution in [0.5, 0.6) is 0 Å². The Labute approximate surface area is 150 Å². The fraction of sp³-hybridized carbons (Fsp3) is 0.200. The number of hydrogen-bond acceptors (Lipinski definition) is 3. The molecule has 4 rings (SSSR count). The first-order chi connectivity index (χ1) is 12.6. The number of nitrogens with one attached hydrogen (secondary N) is 2. The third-order valence-corrected chi connectivity index (χ3v) is 4.80. The zero-order chi connectivity index (χ0) is 18.1. The number of allylic oxidation sites excluding steroid dienone is 1. The molecule has 0 unspecified atom stereocenters. The number of rotatable bonds is 4. The fourth-order valence-corrected chi connectivity index (χ4v) is 3.38. The predicted octanol–water partition coefficient (Wildman–Crippen LogP) is 1.87. The van der Waals surface area contributed by atoms with Gasteiger partial charge in [-0.15, -0.1) is 0 Å². The number of aromatic nitrogens is 3. The number of hydrogen-bond donors (Lipinski definition) is 2. The van der Waals surface area contributed by atoms with Crippen LogP contribution in [0.15, 0.2) is 76.3 Å². The van der Waals surface area contributed by atoms with Crippen molar-refractivity contribution in [2.75, 3.05) is 0 Å². The molecule has 1 aliphatic rings. The van der Waals surface area contributed by atoms with Gasteiger partial charge in [-0.25, -0.2) is 23.9 Å². The fourth-order valence-electron chi connectivity index (χ4n) is 3.38. The number of aromatic amines is 1. The molecule has 0 spiro atoms. The summed E-state index contributed by atoms with van der Waals surface area (Å²) in [6.07, 6.45) is 4.01. The number of benzene rings is 2. The van der Waals surface area contributed by atoms with Gasteiger partial charge in [0, 0.05) is 13.6 Å². The molecule has 1 aliphatic carbocycles. The Bertz CT molecular complexity index is 1060. The molecule has 0 radical (unpaired) electrons. The van der Waals surface area contributed by atoms with E-state index in [-0.39, 0.29) is 17.8 Å². The summed E-state index contributed by atoms with van der Waals surface area (Å²) in [7, 11) is 1.47. The van der Waals surface area contributed by atoms with E-state index in [1.807, 2.05) is 48.6 Å². The molecule has 3 aromatic rings. The van der Waals surface area contributed by atoms with E-state index in [2.05, 4.69) is 28.6 Å². The van der Waals surface area contributed by atoms with Crippen molar-refractivity contribution in [1.82, 2.24) is 19.7 Å². The molecule has 0 bridgehead atoms. The molecular weight excluding hydrogens is 328 g/mol. The van der Waals surface area contributed by atoms with Gasteiger partial charge in [-0.05, 0) is 16.7 Å². The minimum atomic E-state index is -0.412. The Morgan fingerprint density at radius 1 is 0.962 bits per heavy atom. The second-order valence-corrected chi connectivity index (χ2v) is 6.43. The lowest BCUT2D eigenvalue weighted by molar-refractivity contribution is 0.536. The molecule has 0 fully saturated rings. The van der Waals surface area contributed by atoms with Crippen molar-refractivity contribution in [2.24, 2.45) is 7.05 Å². The minimum Gasteiger partial charge on any atom is -0.303 e. The third kappa shape index (κ3) is 2.84. The second kappa shape index (κ2) is 6.65. The molecule has 0 amide bonds. The van der Waals surface area contributed by atoms with Crippen LogP contribution in [0.1, 0.15) is 28.8 Å². The van der Waals surface area contributed by atoms with Crippen LogP contribution in [0, 0.1) is 0 Å². The maximum Gasteiger partial charge on any atom is 0.347 e. The van der Waals surface area contributed by atoms with Crippen molar-refractivity contribution in [2.45, 2.75) is 18.6 Å². The minimum absolute atomic E-state index is 0.0498. The van der Waals surface area contributed by atoms with Crippen LogP contribution in [-0.2, 0) is 13.6 Å². The predicted molar refractivity (Wildman–Crippen MR) is 100 cm³/mol.